The third-order valence-corrected chi connectivity index (χ3v) is 7.52. The number of amides is 1. The number of carbonyl (C=O) groups excluding carboxylic acids is 1. The van der Waals surface area contributed by atoms with E-state index >= 15 is 0 Å². The molecule has 3 heterocycles. The molecule has 44 heavy (non-hydrogen) atoms. The van der Waals surface area contributed by atoms with Crippen molar-refractivity contribution in [2.75, 3.05) is 0 Å². The first-order valence-corrected chi connectivity index (χ1v) is 13.8. The third kappa shape index (κ3) is 5.41. The molecule has 0 spiro atoms. The standard InChI is InChI=1S/C32H25F3N6O3/c1-19(2)20-8-10-22(11-9-20)25-17-29(32(33,34)35)40-30(36-25)18-27(38-40)31(42)39-28(23-12-14-24(15-13-23)41(43)44)16-26(37-39)21-6-4-3-5-7-21/h3-15,17-19,28H,16H2,1-2H3/t28-/m1/s1. The number of nitrogens with zero attached hydrogens (tertiary/aromatic N) is 6. The monoisotopic (exact) mass is 598 g/mol. The number of non-ortho nitro benzene ring substituents is 1. The van der Waals surface area contributed by atoms with E-state index in [1.54, 1.807) is 12.1 Å². The highest BCUT2D eigenvalue weighted by Crippen LogP contribution is 2.36. The Balaban J connectivity index is 1.42. The number of nitro groups is 1. The van der Waals surface area contributed by atoms with E-state index in [0.29, 0.717) is 21.4 Å². The maximum atomic E-state index is 14.3. The van der Waals surface area contributed by atoms with Crippen molar-refractivity contribution in [1.82, 2.24) is 19.6 Å². The van der Waals surface area contributed by atoms with Gasteiger partial charge >= 0.3 is 6.18 Å². The highest BCUT2D eigenvalue weighted by atomic mass is 19.4. The van der Waals surface area contributed by atoms with Gasteiger partial charge in [0.2, 0.25) is 0 Å². The Labute approximate surface area is 249 Å². The number of halogens is 3. The highest BCUT2D eigenvalue weighted by molar-refractivity contribution is 6.04. The van der Waals surface area contributed by atoms with Gasteiger partial charge in [0.05, 0.1) is 22.4 Å². The fourth-order valence-electron chi connectivity index (χ4n) is 5.17. The molecule has 0 bridgehead atoms. The fraction of sp³-hybridized carbons (Fsp3) is 0.188. The normalized spacial score (nSPS) is 15.2. The number of hydrogen-bond donors (Lipinski definition) is 0. The molecule has 0 aliphatic carbocycles. The van der Waals surface area contributed by atoms with Crippen molar-refractivity contribution < 1.29 is 22.9 Å². The average Bonchev–Trinajstić information content (AvgIpc) is 3.65. The molecular weight excluding hydrogens is 573 g/mol. The van der Waals surface area contributed by atoms with Crippen LogP contribution in [0.2, 0.25) is 0 Å². The Morgan fingerprint density at radius 2 is 1.64 bits per heavy atom. The summed E-state index contributed by atoms with van der Waals surface area (Å²) in [7, 11) is 0. The van der Waals surface area contributed by atoms with Gasteiger partial charge < -0.3 is 0 Å². The minimum absolute atomic E-state index is 0.0911. The van der Waals surface area contributed by atoms with Gasteiger partial charge in [-0.1, -0.05) is 80.6 Å². The molecule has 222 valence electrons. The average molecular weight is 599 g/mol. The Kier molecular flexibility index (Phi) is 7.20. The van der Waals surface area contributed by atoms with E-state index < -0.39 is 28.7 Å². The second-order valence-electron chi connectivity index (χ2n) is 10.7. The van der Waals surface area contributed by atoms with Crippen molar-refractivity contribution >= 4 is 23.0 Å². The van der Waals surface area contributed by atoms with E-state index in [9.17, 15) is 28.1 Å². The van der Waals surface area contributed by atoms with Gasteiger partial charge in [-0.3, -0.25) is 14.9 Å². The molecule has 1 amide bonds. The SMILES string of the molecule is CC(C)c1ccc(-c2cc(C(F)(F)F)n3nc(C(=O)N4N=C(c5ccccc5)C[C@@H]4c4ccc([N+](=O)[O-])cc4)cc3n2)cc1. The Bertz CT molecular complexity index is 1900. The molecule has 0 N–H and O–H groups in total. The maximum Gasteiger partial charge on any atom is 0.433 e. The smallest absolute Gasteiger partial charge is 0.265 e. The lowest BCUT2D eigenvalue weighted by atomic mass is 9.98. The van der Waals surface area contributed by atoms with E-state index in [1.807, 2.05) is 56.3 Å². The molecule has 2 aromatic heterocycles. The minimum Gasteiger partial charge on any atom is -0.265 e. The summed E-state index contributed by atoms with van der Waals surface area (Å²) in [6.07, 6.45) is -4.50. The van der Waals surface area contributed by atoms with E-state index in [1.165, 1.54) is 35.3 Å². The molecule has 0 saturated heterocycles. The van der Waals surface area contributed by atoms with Crippen molar-refractivity contribution in [2.45, 2.75) is 38.4 Å². The largest absolute Gasteiger partial charge is 0.433 e. The van der Waals surface area contributed by atoms with Gasteiger partial charge in [-0.15, -0.1) is 0 Å². The molecule has 0 fully saturated rings. The number of hydrazone groups is 1. The first-order valence-electron chi connectivity index (χ1n) is 13.8. The number of nitro benzene ring substituents is 1. The number of benzene rings is 3. The van der Waals surface area contributed by atoms with Gasteiger partial charge in [-0.05, 0) is 28.7 Å². The van der Waals surface area contributed by atoms with Crippen LogP contribution < -0.4 is 0 Å². The molecule has 3 aromatic carbocycles. The summed E-state index contributed by atoms with van der Waals surface area (Å²) in [5, 5.41) is 21.0. The molecule has 6 rings (SSSR count). The van der Waals surface area contributed by atoms with Crippen molar-refractivity contribution in [3.05, 3.63) is 129 Å². The summed E-state index contributed by atoms with van der Waals surface area (Å²) in [5.41, 5.74) is 1.91. The summed E-state index contributed by atoms with van der Waals surface area (Å²) in [6, 6.07) is 23.5. The zero-order chi connectivity index (χ0) is 31.2. The number of alkyl halides is 3. The van der Waals surface area contributed by atoms with Gasteiger partial charge in [0.1, 0.15) is 0 Å². The van der Waals surface area contributed by atoms with E-state index in [-0.39, 0.29) is 35.1 Å². The summed E-state index contributed by atoms with van der Waals surface area (Å²) >= 11 is 0. The summed E-state index contributed by atoms with van der Waals surface area (Å²) in [6.45, 7) is 4.04. The third-order valence-electron chi connectivity index (χ3n) is 7.52. The van der Waals surface area contributed by atoms with Gasteiger partial charge in [0.15, 0.2) is 17.0 Å². The summed E-state index contributed by atoms with van der Waals surface area (Å²) in [4.78, 5) is 29.0. The Morgan fingerprint density at radius 1 is 0.955 bits per heavy atom. The zero-order valence-electron chi connectivity index (χ0n) is 23.6. The van der Waals surface area contributed by atoms with Crippen molar-refractivity contribution in [3.8, 4) is 11.3 Å². The van der Waals surface area contributed by atoms with Crippen LogP contribution in [-0.4, -0.2) is 36.1 Å². The van der Waals surface area contributed by atoms with Crippen LogP contribution >= 0.6 is 0 Å². The number of hydrogen-bond acceptors (Lipinski definition) is 6. The van der Waals surface area contributed by atoms with Gasteiger partial charge in [0, 0.05) is 30.2 Å². The van der Waals surface area contributed by atoms with E-state index in [4.69, 9.17) is 0 Å². The van der Waals surface area contributed by atoms with Crippen LogP contribution in [0.5, 0.6) is 0 Å². The number of carbonyl (C=O) groups is 1. The number of aromatic nitrogens is 3. The molecule has 0 saturated carbocycles. The Morgan fingerprint density at radius 3 is 2.25 bits per heavy atom. The van der Waals surface area contributed by atoms with Gasteiger partial charge in [-0.2, -0.15) is 23.4 Å². The second-order valence-corrected chi connectivity index (χ2v) is 10.7. The molecule has 9 nitrogen and oxygen atoms in total. The topological polar surface area (TPSA) is 106 Å². The van der Waals surface area contributed by atoms with Gasteiger partial charge in [0.25, 0.3) is 11.6 Å². The first-order chi connectivity index (χ1) is 21.0. The predicted octanol–water partition coefficient (Wildman–Crippen LogP) is 7.44. The molecule has 1 aliphatic rings. The van der Waals surface area contributed by atoms with Crippen LogP contribution in [-0.2, 0) is 6.18 Å². The fourth-order valence-corrected chi connectivity index (χ4v) is 5.17. The molecule has 1 atom stereocenters. The zero-order valence-corrected chi connectivity index (χ0v) is 23.6. The molecule has 0 radical (unpaired) electrons. The number of fused-ring (bicyclic) bond motifs is 1. The molecule has 12 heteroatoms. The minimum atomic E-state index is -4.78. The lowest BCUT2D eigenvalue weighted by Crippen LogP contribution is -2.27. The molecule has 5 aromatic rings. The molecule has 1 aliphatic heterocycles. The van der Waals surface area contributed by atoms with E-state index in [2.05, 4.69) is 15.2 Å². The lowest BCUT2D eigenvalue weighted by Gasteiger charge is -2.21. The van der Waals surface area contributed by atoms with Crippen molar-refractivity contribution in [1.29, 1.82) is 0 Å². The Hall–Kier alpha value is -5.39. The summed E-state index contributed by atoms with van der Waals surface area (Å²) in [5.74, 6) is -0.486. The number of rotatable bonds is 6. The van der Waals surface area contributed by atoms with Crippen LogP contribution in [0.4, 0.5) is 18.9 Å². The molecular formula is C32H25F3N6O3. The summed E-state index contributed by atoms with van der Waals surface area (Å²) < 4.78 is 43.4. The van der Waals surface area contributed by atoms with Crippen LogP contribution in [0.25, 0.3) is 16.9 Å². The van der Waals surface area contributed by atoms with Crippen molar-refractivity contribution in [2.24, 2.45) is 5.10 Å². The lowest BCUT2D eigenvalue weighted by molar-refractivity contribution is -0.384. The second kappa shape index (κ2) is 11.0. The first kappa shape index (κ1) is 28.7. The van der Waals surface area contributed by atoms with Crippen LogP contribution in [0.15, 0.2) is 96.1 Å². The highest BCUT2D eigenvalue weighted by Gasteiger charge is 2.38. The van der Waals surface area contributed by atoms with Crippen LogP contribution in [0.1, 0.15) is 65.1 Å². The van der Waals surface area contributed by atoms with Crippen LogP contribution in [0.3, 0.4) is 0 Å². The van der Waals surface area contributed by atoms with Crippen LogP contribution in [0, 0.1) is 10.1 Å². The maximum absolute atomic E-state index is 14.3. The molecule has 0 unspecified atom stereocenters. The van der Waals surface area contributed by atoms with Crippen molar-refractivity contribution in [3.63, 3.8) is 0 Å². The quantitative estimate of drug-likeness (QED) is 0.149. The predicted molar refractivity (Wildman–Crippen MR) is 157 cm³/mol. The van der Waals surface area contributed by atoms with Gasteiger partial charge in [-0.25, -0.2) is 14.5 Å². The van der Waals surface area contributed by atoms with E-state index in [0.717, 1.165) is 17.2 Å².